The molecular formula is C21H22ClN5O. The molecular weight excluding hydrogens is 374 g/mol. The second-order valence-corrected chi connectivity index (χ2v) is 7.79. The van der Waals surface area contributed by atoms with Gasteiger partial charge in [-0.25, -0.2) is 14.6 Å². The van der Waals surface area contributed by atoms with Crippen molar-refractivity contribution in [2.75, 3.05) is 6.54 Å². The molecule has 1 fully saturated rings. The van der Waals surface area contributed by atoms with Crippen LogP contribution in [0, 0.1) is 0 Å². The zero-order chi connectivity index (χ0) is 19.6. The quantitative estimate of drug-likeness (QED) is 0.731. The topological polar surface area (TPSA) is 86.7 Å². The Kier molecular flexibility index (Phi) is 5.24. The highest BCUT2D eigenvalue weighted by atomic mass is 35.5. The highest BCUT2D eigenvalue weighted by molar-refractivity contribution is 6.30. The van der Waals surface area contributed by atoms with Gasteiger partial charge in [0.2, 0.25) is 0 Å². The monoisotopic (exact) mass is 395 g/mol. The van der Waals surface area contributed by atoms with Crippen molar-refractivity contribution in [3.8, 4) is 11.3 Å². The maximum Gasteiger partial charge on any atom is 0.267 e. The van der Waals surface area contributed by atoms with Gasteiger partial charge in [-0.05, 0) is 49.4 Å². The molecule has 0 atom stereocenters. The summed E-state index contributed by atoms with van der Waals surface area (Å²) in [6, 6.07) is 11.3. The third kappa shape index (κ3) is 3.57. The number of aromatic nitrogens is 4. The minimum absolute atomic E-state index is 0.0518. The van der Waals surface area contributed by atoms with E-state index in [1.54, 1.807) is 29.2 Å². The highest BCUT2D eigenvalue weighted by Crippen LogP contribution is 2.42. The molecule has 0 bridgehead atoms. The van der Waals surface area contributed by atoms with Gasteiger partial charge in [-0.3, -0.25) is 4.79 Å². The maximum atomic E-state index is 12.5. The molecule has 7 heteroatoms. The second kappa shape index (κ2) is 7.81. The summed E-state index contributed by atoms with van der Waals surface area (Å²) in [5.41, 5.74) is 8.67. The summed E-state index contributed by atoms with van der Waals surface area (Å²) < 4.78 is 1.61. The van der Waals surface area contributed by atoms with Crippen molar-refractivity contribution in [3.63, 3.8) is 0 Å². The molecule has 0 unspecified atom stereocenters. The van der Waals surface area contributed by atoms with Gasteiger partial charge in [0.15, 0.2) is 0 Å². The summed E-state index contributed by atoms with van der Waals surface area (Å²) in [6.07, 6.45) is 8.33. The Morgan fingerprint density at radius 1 is 1.14 bits per heavy atom. The predicted molar refractivity (Wildman–Crippen MR) is 109 cm³/mol. The lowest BCUT2D eigenvalue weighted by Crippen LogP contribution is -2.41. The molecule has 2 heterocycles. The number of hydrogen-bond acceptors (Lipinski definition) is 5. The van der Waals surface area contributed by atoms with Gasteiger partial charge < -0.3 is 5.73 Å². The Hall–Kier alpha value is -2.57. The molecule has 1 saturated carbocycles. The van der Waals surface area contributed by atoms with Gasteiger partial charge in [0.05, 0.1) is 11.7 Å². The van der Waals surface area contributed by atoms with Gasteiger partial charge in [-0.15, -0.1) is 0 Å². The third-order valence-corrected chi connectivity index (χ3v) is 6.00. The summed E-state index contributed by atoms with van der Waals surface area (Å²) in [5, 5.41) is 5.32. The Balaban J connectivity index is 1.59. The van der Waals surface area contributed by atoms with Gasteiger partial charge in [0.1, 0.15) is 6.33 Å². The fraction of sp³-hybridized carbons (Fsp3) is 0.333. The molecule has 0 aliphatic heterocycles. The van der Waals surface area contributed by atoms with Crippen molar-refractivity contribution in [3.05, 3.63) is 76.1 Å². The minimum atomic E-state index is -0.101. The van der Waals surface area contributed by atoms with E-state index in [0.29, 0.717) is 12.2 Å². The largest absolute Gasteiger partial charge is 0.330 e. The van der Waals surface area contributed by atoms with Crippen LogP contribution in [0.15, 0.2) is 59.9 Å². The fourth-order valence-electron chi connectivity index (χ4n) is 4.10. The predicted octanol–water partition coefficient (Wildman–Crippen LogP) is 3.37. The Labute approximate surface area is 168 Å². The van der Waals surface area contributed by atoms with Crippen molar-refractivity contribution in [2.45, 2.75) is 37.1 Å². The van der Waals surface area contributed by atoms with E-state index in [0.717, 1.165) is 36.3 Å². The van der Waals surface area contributed by atoms with E-state index in [1.165, 1.54) is 11.9 Å². The lowest BCUT2D eigenvalue weighted by molar-refractivity contribution is 0.222. The van der Waals surface area contributed by atoms with E-state index in [9.17, 15) is 4.79 Å². The maximum absolute atomic E-state index is 12.5. The smallest absolute Gasteiger partial charge is 0.267 e. The van der Waals surface area contributed by atoms with Gasteiger partial charge in [-0.1, -0.05) is 23.7 Å². The summed E-state index contributed by atoms with van der Waals surface area (Å²) >= 11 is 6.20. The first-order chi connectivity index (χ1) is 13.6. The summed E-state index contributed by atoms with van der Waals surface area (Å²) in [5.74, 6) is 0. The van der Waals surface area contributed by atoms with E-state index >= 15 is 0 Å². The van der Waals surface area contributed by atoms with Gasteiger partial charge in [0, 0.05) is 41.0 Å². The number of nitrogens with two attached hydrogens (primary N) is 1. The van der Waals surface area contributed by atoms with Crippen LogP contribution in [0.2, 0.25) is 5.02 Å². The first-order valence-corrected chi connectivity index (χ1v) is 9.80. The lowest BCUT2D eigenvalue weighted by atomic mass is 9.68. The average Bonchev–Trinajstić information content (AvgIpc) is 2.75. The molecule has 0 saturated heterocycles. The van der Waals surface area contributed by atoms with Crippen LogP contribution in [0.3, 0.4) is 0 Å². The molecule has 3 aromatic rings. The second-order valence-electron chi connectivity index (χ2n) is 7.35. The highest BCUT2D eigenvalue weighted by Gasteiger charge is 2.37. The number of nitrogens with zero attached hydrogens (tertiary/aromatic N) is 4. The third-order valence-electron chi connectivity index (χ3n) is 5.77. The van der Waals surface area contributed by atoms with E-state index in [4.69, 9.17) is 17.3 Å². The van der Waals surface area contributed by atoms with Crippen LogP contribution in [-0.4, -0.2) is 26.3 Å². The van der Waals surface area contributed by atoms with Crippen molar-refractivity contribution in [2.24, 2.45) is 5.73 Å². The van der Waals surface area contributed by atoms with Gasteiger partial charge in [-0.2, -0.15) is 5.10 Å². The van der Waals surface area contributed by atoms with Crippen LogP contribution >= 0.6 is 11.6 Å². The van der Waals surface area contributed by atoms with E-state index in [-0.39, 0.29) is 17.0 Å². The van der Waals surface area contributed by atoms with Crippen molar-refractivity contribution in [1.29, 1.82) is 0 Å². The molecule has 6 nitrogen and oxygen atoms in total. The Morgan fingerprint density at radius 2 is 1.89 bits per heavy atom. The van der Waals surface area contributed by atoms with Crippen molar-refractivity contribution in [1.82, 2.24) is 19.7 Å². The summed E-state index contributed by atoms with van der Waals surface area (Å²) in [4.78, 5) is 20.5. The number of hydrogen-bond donors (Lipinski definition) is 1. The molecule has 28 heavy (non-hydrogen) atoms. The zero-order valence-corrected chi connectivity index (χ0v) is 16.2. The zero-order valence-electron chi connectivity index (χ0n) is 15.5. The van der Waals surface area contributed by atoms with Crippen molar-refractivity contribution < 1.29 is 0 Å². The molecule has 1 aliphatic carbocycles. The molecule has 2 aromatic heterocycles. The van der Waals surface area contributed by atoms with Crippen LogP contribution in [0.4, 0.5) is 0 Å². The van der Waals surface area contributed by atoms with Gasteiger partial charge in [0.25, 0.3) is 5.56 Å². The summed E-state index contributed by atoms with van der Waals surface area (Å²) in [6.45, 7) is 0.559. The standard InChI is InChI=1S/C21H22ClN5O/c22-17-3-1-2-16(10-17)21(13-23)8-6-18(7-9-21)27-20(28)5-4-19(26-27)15-11-24-14-25-12-15/h1-5,10-12,14,18H,6-9,13,23H2/t18-,21-. The van der Waals surface area contributed by atoms with Crippen molar-refractivity contribution >= 4 is 11.6 Å². The molecule has 0 radical (unpaired) electrons. The molecule has 0 spiro atoms. The molecule has 2 N–H and O–H groups in total. The fourth-order valence-corrected chi connectivity index (χ4v) is 4.29. The molecule has 0 amide bonds. The Bertz CT molecular complexity index is 1010. The lowest BCUT2D eigenvalue weighted by Gasteiger charge is -2.40. The SMILES string of the molecule is NC[C@]1(c2cccc(Cl)c2)CC[C@H](n2nc(-c3cncnc3)ccc2=O)CC1. The van der Waals surface area contributed by atoms with E-state index in [1.807, 2.05) is 18.2 Å². The van der Waals surface area contributed by atoms with Crippen LogP contribution < -0.4 is 11.3 Å². The first-order valence-electron chi connectivity index (χ1n) is 9.43. The van der Waals surface area contributed by atoms with Crippen LogP contribution in [0.25, 0.3) is 11.3 Å². The van der Waals surface area contributed by atoms with E-state index < -0.39 is 0 Å². The van der Waals surface area contributed by atoms with Gasteiger partial charge >= 0.3 is 0 Å². The molecule has 1 aliphatic rings. The normalized spacial score (nSPS) is 22.1. The Morgan fingerprint density at radius 3 is 2.57 bits per heavy atom. The van der Waals surface area contributed by atoms with Crippen LogP contribution in [0.1, 0.15) is 37.3 Å². The average molecular weight is 396 g/mol. The molecule has 1 aromatic carbocycles. The van der Waals surface area contributed by atoms with Crippen LogP contribution in [0.5, 0.6) is 0 Å². The number of halogens is 1. The van der Waals surface area contributed by atoms with Crippen LogP contribution in [-0.2, 0) is 5.41 Å². The molecule has 144 valence electrons. The van der Waals surface area contributed by atoms with E-state index in [2.05, 4.69) is 21.1 Å². The number of benzene rings is 1. The minimum Gasteiger partial charge on any atom is -0.330 e. The molecule has 4 rings (SSSR count). The summed E-state index contributed by atoms with van der Waals surface area (Å²) in [7, 11) is 0. The first kappa shape index (κ1) is 18.8. The number of rotatable bonds is 4.